The zero-order valence-electron chi connectivity index (χ0n) is 9.12. The van der Waals surface area contributed by atoms with Crippen LogP contribution in [0.3, 0.4) is 0 Å². The summed E-state index contributed by atoms with van der Waals surface area (Å²) in [5, 5.41) is 0. The van der Waals surface area contributed by atoms with Crippen LogP contribution in [0.5, 0.6) is 0 Å². The molecule has 1 nitrogen and oxygen atoms in total. The highest BCUT2D eigenvalue weighted by atomic mass is 19.1. The van der Waals surface area contributed by atoms with Crippen molar-refractivity contribution >= 4 is 0 Å². The second-order valence-electron chi connectivity index (χ2n) is 4.65. The van der Waals surface area contributed by atoms with Gasteiger partial charge in [-0.1, -0.05) is 31.9 Å². The summed E-state index contributed by atoms with van der Waals surface area (Å²) in [6, 6.07) is 6.70. The zero-order valence-corrected chi connectivity index (χ0v) is 9.12. The van der Waals surface area contributed by atoms with E-state index in [0.29, 0.717) is 11.8 Å². The lowest BCUT2D eigenvalue weighted by atomic mass is 9.86. The van der Waals surface area contributed by atoms with Crippen LogP contribution in [0.15, 0.2) is 24.3 Å². The first-order valence-electron chi connectivity index (χ1n) is 5.69. The molecule has 0 radical (unpaired) electrons. The van der Waals surface area contributed by atoms with E-state index < -0.39 is 0 Å². The molecule has 2 N–H and O–H groups in total. The smallest absolute Gasteiger partial charge is 0.123 e. The maximum absolute atomic E-state index is 13.1. The minimum Gasteiger partial charge on any atom is -0.324 e. The van der Waals surface area contributed by atoms with Gasteiger partial charge in [0.2, 0.25) is 0 Å². The Hall–Kier alpha value is -0.890. The predicted octanol–water partition coefficient (Wildman–Crippen LogP) is 3.26. The highest BCUT2D eigenvalue weighted by Gasteiger charge is 2.29. The first-order valence-corrected chi connectivity index (χ1v) is 5.69. The number of hydrogen-bond acceptors (Lipinski definition) is 1. The van der Waals surface area contributed by atoms with Crippen LogP contribution in [0.25, 0.3) is 0 Å². The van der Waals surface area contributed by atoms with E-state index in [1.165, 1.54) is 25.3 Å². The fourth-order valence-electron chi connectivity index (χ4n) is 2.67. The largest absolute Gasteiger partial charge is 0.324 e. The molecule has 3 atom stereocenters. The van der Waals surface area contributed by atoms with E-state index in [4.69, 9.17) is 5.73 Å². The normalized spacial score (nSPS) is 27.9. The quantitative estimate of drug-likeness (QED) is 0.791. The van der Waals surface area contributed by atoms with E-state index >= 15 is 0 Å². The molecular formula is C13H18FN. The predicted molar refractivity (Wildman–Crippen MR) is 59.8 cm³/mol. The molecule has 2 rings (SSSR count). The Balaban J connectivity index is 2.16. The third-order valence-electron chi connectivity index (χ3n) is 3.62. The number of rotatable bonds is 2. The van der Waals surface area contributed by atoms with Crippen molar-refractivity contribution in [3.63, 3.8) is 0 Å². The minimum absolute atomic E-state index is 0.00167. The van der Waals surface area contributed by atoms with Crippen LogP contribution in [0.1, 0.15) is 37.8 Å². The highest BCUT2D eigenvalue weighted by Crippen LogP contribution is 2.38. The molecule has 1 aliphatic carbocycles. The Morgan fingerprint density at radius 3 is 2.80 bits per heavy atom. The minimum atomic E-state index is -0.186. The van der Waals surface area contributed by atoms with Gasteiger partial charge in [-0.2, -0.15) is 0 Å². The summed E-state index contributed by atoms with van der Waals surface area (Å²) in [4.78, 5) is 0. The summed E-state index contributed by atoms with van der Waals surface area (Å²) >= 11 is 0. The van der Waals surface area contributed by atoms with Gasteiger partial charge >= 0.3 is 0 Å². The first-order chi connectivity index (χ1) is 7.18. The summed E-state index contributed by atoms with van der Waals surface area (Å²) in [5.74, 6) is 1.00. The van der Waals surface area contributed by atoms with Gasteiger partial charge in [0.15, 0.2) is 0 Å². The van der Waals surface area contributed by atoms with Gasteiger partial charge in [-0.15, -0.1) is 0 Å². The molecule has 1 fully saturated rings. The summed E-state index contributed by atoms with van der Waals surface area (Å²) < 4.78 is 13.1. The molecule has 0 aliphatic heterocycles. The molecule has 1 saturated carbocycles. The van der Waals surface area contributed by atoms with Gasteiger partial charge in [0.1, 0.15) is 5.82 Å². The molecule has 2 heteroatoms. The molecule has 0 saturated heterocycles. The molecule has 0 bridgehead atoms. The highest BCUT2D eigenvalue weighted by molar-refractivity contribution is 5.20. The average Bonchev–Trinajstić information content (AvgIpc) is 2.63. The Morgan fingerprint density at radius 2 is 2.20 bits per heavy atom. The van der Waals surface area contributed by atoms with Crippen LogP contribution in [0.4, 0.5) is 4.39 Å². The monoisotopic (exact) mass is 207 g/mol. The van der Waals surface area contributed by atoms with E-state index in [0.717, 1.165) is 5.56 Å². The maximum atomic E-state index is 13.1. The first kappa shape index (κ1) is 10.6. The van der Waals surface area contributed by atoms with Crippen LogP contribution < -0.4 is 5.73 Å². The third kappa shape index (κ3) is 2.20. The van der Waals surface area contributed by atoms with Crippen molar-refractivity contribution in [2.45, 2.75) is 32.2 Å². The third-order valence-corrected chi connectivity index (χ3v) is 3.62. The van der Waals surface area contributed by atoms with Crippen molar-refractivity contribution in [2.75, 3.05) is 0 Å². The van der Waals surface area contributed by atoms with E-state index in [2.05, 4.69) is 6.92 Å². The second kappa shape index (κ2) is 4.31. The molecule has 1 aliphatic rings. The van der Waals surface area contributed by atoms with E-state index in [1.54, 1.807) is 12.1 Å². The van der Waals surface area contributed by atoms with Gasteiger partial charge in [-0.3, -0.25) is 0 Å². The van der Waals surface area contributed by atoms with Gasteiger partial charge in [0, 0.05) is 6.04 Å². The van der Waals surface area contributed by atoms with Crippen LogP contribution in [0.2, 0.25) is 0 Å². The van der Waals surface area contributed by atoms with E-state index in [9.17, 15) is 4.39 Å². The van der Waals surface area contributed by atoms with Gasteiger partial charge in [0.05, 0.1) is 0 Å². The summed E-state index contributed by atoms with van der Waals surface area (Å²) in [5.41, 5.74) is 7.13. The molecule has 1 aromatic carbocycles. The Kier molecular flexibility index (Phi) is 3.06. The summed E-state index contributed by atoms with van der Waals surface area (Å²) in [6.45, 7) is 2.25. The van der Waals surface area contributed by atoms with Gasteiger partial charge in [0.25, 0.3) is 0 Å². The summed E-state index contributed by atoms with van der Waals surface area (Å²) in [7, 11) is 0. The second-order valence-corrected chi connectivity index (χ2v) is 4.65. The van der Waals surface area contributed by atoms with Crippen molar-refractivity contribution in [1.29, 1.82) is 0 Å². The number of hydrogen-bond donors (Lipinski definition) is 1. The SMILES string of the molecule is CC1CCCC1C(N)c1cccc(F)c1. The lowest BCUT2D eigenvalue weighted by Gasteiger charge is -2.23. The fraction of sp³-hybridized carbons (Fsp3) is 0.538. The molecule has 0 heterocycles. The Labute approximate surface area is 90.5 Å². The number of benzene rings is 1. The van der Waals surface area contributed by atoms with Crippen molar-refractivity contribution in [2.24, 2.45) is 17.6 Å². The standard InChI is InChI=1S/C13H18FN/c1-9-4-2-7-12(9)13(15)10-5-3-6-11(14)8-10/h3,5-6,8-9,12-13H,2,4,7,15H2,1H3. The number of halogens is 1. The van der Waals surface area contributed by atoms with E-state index in [-0.39, 0.29) is 11.9 Å². The van der Waals surface area contributed by atoms with Gasteiger partial charge in [-0.25, -0.2) is 4.39 Å². The molecule has 0 spiro atoms. The van der Waals surface area contributed by atoms with E-state index in [1.807, 2.05) is 6.07 Å². The van der Waals surface area contributed by atoms with Crippen molar-refractivity contribution in [3.05, 3.63) is 35.6 Å². The molecule has 0 aromatic heterocycles. The Bertz CT molecular complexity index is 337. The van der Waals surface area contributed by atoms with Crippen LogP contribution in [0, 0.1) is 17.7 Å². The van der Waals surface area contributed by atoms with Crippen molar-refractivity contribution in [3.8, 4) is 0 Å². The van der Waals surface area contributed by atoms with Crippen molar-refractivity contribution < 1.29 is 4.39 Å². The molecule has 0 amide bonds. The molecular weight excluding hydrogens is 189 g/mol. The zero-order chi connectivity index (χ0) is 10.8. The van der Waals surface area contributed by atoms with Crippen molar-refractivity contribution in [1.82, 2.24) is 0 Å². The van der Waals surface area contributed by atoms with Gasteiger partial charge in [-0.05, 0) is 36.0 Å². The van der Waals surface area contributed by atoms with Crippen LogP contribution >= 0.6 is 0 Å². The molecule has 15 heavy (non-hydrogen) atoms. The van der Waals surface area contributed by atoms with Crippen LogP contribution in [-0.4, -0.2) is 0 Å². The Morgan fingerprint density at radius 1 is 1.40 bits per heavy atom. The lowest BCUT2D eigenvalue weighted by Crippen LogP contribution is -2.23. The lowest BCUT2D eigenvalue weighted by molar-refractivity contribution is 0.350. The molecule has 82 valence electrons. The topological polar surface area (TPSA) is 26.0 Å². The van der Waals surface area contributed by atoms with Crippen LogP contribution in [-0.2, 0) is 0 Å². The number of nitrogens with two attached hydrogens (primary N) is 1. The average molecular weight is 207 g/mol. The molecule has 1 aromatic rings. The molecule has 3 unspecified atom stereocenters. The van der Waals surface area contributed by atoms with Gasteiger partial charge < -0.3 is 5.73 Å². The maximum Gasteiger partial charge on any atom is 0.123 e. The fourth-order valence-corrected chi connectivity index (χ4v) is 2.67. The summed E-state index contributed by atoms with van der Waals surface area (Å²) in [6.07, 6.45) is 3.70.